The third kappa shape index (κ3) is 5.68. The summed E-state index contributed by atoms with van der Waals surface area (Å²) in [6, 6.07) is 9.61. The Kier molecular flexibility index (Phi) is 8.86. The molecule has 3 rings (SSSR count). The second-order valence-electron chi connectivity index (χ2n) is 9.64. The fraction of sp³-hybridized carbons (Fsp3) is 0.630. The highest BCUT2D eigenvalue weighted by atomic mass is 16.5. The number of ether oxygens (including phenoxy) is 1. The number of rotatable bonds is 11. The second kappa shape index (κ2) is 11.6. The van der Waals surface area contributed by atoms with Crippen molar-refractivity contribution in [3.63, 3.8) is 0 Å². The standard InChI is InChI=1S/C27H38N2O5/c1-4-27(5-2,19-34-20(3)30)24(31)26(33)29-22-15-11-16-23(29)25(32)28(18-22)17-10-9-14-21-12-7-6-8-13-21/h6-8,12-13,22-23H,4-5,9-11,14-19H2,1-3H3. The van der Waals surface area contributed by atoms with E-state index in [1.165, 1.54) is 12.5 Å². The van der Waals surface area contributed by atoms with Gasteiger partial charge in [0.25, 0.3) is 5.91 Å². The van der Waals surface area contributed by atoms with Crippen LogP contribution in [0.15, 0.2) is 30.3 Å². The van der Waals surface area contributed by atoms with Crippen molar-refractivity contribution in [3.8, 4) is 0 Å². The summed E-state index contributed by atoms with van der Waals surface area (Å²) < 4.78 is 5.16. The summed E-state index contributed by atoms with van der Waals surface area (Å²) in [4.78, 5) is 55.0. The number of piperazine rings is 1. The number of ketones is 1. The number of amides is 2. The van der Waals surface area contributed by atoms with E-state index in [0.29, 0.717) is 32.4 Å². The van der Waals surface area contributed by atoms with Crippen LogP contribution in [0.1, 0.15) is 71.3 Å². The van der Waals surface area contributed by atoms with Crippen LogP contribution < -0.4 is 0 Å². The molecule has 2 aliphatic rings. The number of carbonyl (C=O) groups is 4. The molecule has 7 heteroatoms. The molecule has 7 nitrogen and oxygen atoms in total. The van der Waals surface area contributed by atoms with Crippen molar-refractivity contribution in [3.05, 3.63) is 35.9 Å². The molecule has 0 radical (unpaired) electrons. The molecular weight excluding hydrogens is 432 g/mol. The van der Waals surface area contributed by atoms with Gasteiger partial charge in [0.05, 0.1) is 11.5 Å². The minimum atomic E-state index is -1.05. The maximum atomic E-state index is 13.5. The largest absolute Gasteiger partial charge is 0.465 e. The number of benzene rings is 1. The first-order valence-electron chi connectivity index (χ1n) is 12.7. The van der Waals surface area contributed by atoms with E-state index >= 15 is 0 Å². The van der Waals surface area contributed by atoms with Gasteiger partial charge in [0, 0.05) is 20.0 Å². The van der Waals surface area contributed by atoms with Gasteiger partial charge in [-0.2, -0.15) is 0 Å². The van der Waals surface area contributed by atoms with Crippen molar-refractivity contribution in [2.45, 2.75) is 84.2 Å². The zero-order valence-electron chi connectivity index (χ0n) is 20.8. The number of nitrogens with zero attached hydrogens (tertiary/aromatic N) is 2. The summed E-state index contributed by atoms with van der Waals surface area (Å²) in [7, 11) is 0. The molecular formula is C27H38N2O5. The molecule has 2 unspecified atom stereocenters. The van der Waals surface area contributed by atoms with Crippen LogP contribution in [0.2, 0.25) is 0 Å². The number of fused-ring (bicyclic) bond motifs is 2. The maximum absolute atomic E-state index is 13.5. The lowest BCUT2D eigenvalue weighted by atomic mass is 9.77. The summed E-state index contributed by atoms with van der Waals surface area (Å²) in [6.07, 6.45) is 5.93. The predicted octanol–water partition coefficient (Wildman–Crippen LogP) is 3.54. The maximum Gasteiger partial charge on any atom is 0.302 e. The molecule has 1 aromatic carbocycles. The summed E-state index contributed by atoms with van der Waals surface area (Å²) in [6.45, 7) is 6.01. The van der Waals surface area contributed by atoms with E-state index in [9.17, 15) is 19.2 Å². The SMILES string of the molecule is CCC(CC)(COC(C)=O)C(=O)C(=O)N1C2CCCC1C(=O)N(CCCCc1ccccc1)C2. The molecule has 0 aromatic heterocycles. The molecule has 2 atom stereocenters. The topological polar surface area (TPSA) is 84.0 Å². The fourth-order valence-electron chi connectivity index (χ4n) is 5.27. The lowest BCUT2D eigenvalue weighted by Crippen LogP contribution is -2.67. The highest BCUT2D eigenvalue weighted by Crippen LogP contribution is 2.34. The number of hydrogen-bond acceptors (Lipinski definition) is 5. The van der Waals surface area contributed by atoms with Gasteiger partial charge < -0.3 is 14.5 Å². The summed E-state index contributed by atoms with van der Waals surface area (Å²) in [5, 5.41) is 0. The molecule has 34 heavy (non-hydrogen) atoms. The Morgan fingerprint density at radius 1 is 1.06 bits per heavy atom. The third-order valence-electron chi connectivity index (χ3n) is 7.57. The smallest absolute Gasteiger partial charge is 0.302 e. The Labute approximate surface area is 202 Å². The monoisotopic (exact) mass is 470 g/mol. The van der Waals surface area contributed by atoms with E-state index in [1.807, 2.05) is 36.9 Å². The molecule has 2 saturated heterocycles. The van der Waals surface area contributed by atoms with Gasteiger partial charge in [0.2, 0.25) is 11.7 Å². The molecule has 2 amide bonds. The first kappa shape index (κ1) is 25.9. The molecule has 1 aromatic rings. The van der Waals surface area contributed by atoms with Crippen LogP contribution in [-0.2, 0) is 30.3 Å². The Balaban J connectivity index is 1.65. The van der Waals surface area contributed by atoms with Gasteiger partial charge in [-0.3, -0.25) is 19.2 Å². The minimum Gasteiger partial charge on any atom is -0.465 e. The normalized spacial score (nSPS) is 20.3. The van der Waals surface area contributed by atoms with Crippen LogP contribution in [0.5, 0.6) is 0 Å². The minimum absolute atomic E-state index is 0.0459. The summed E-state index contributed by atoms with van der Waals surface area (Å²) in [5.74, 6) is -1.66. The van der Waals surface area contributed by atoms with Crippen LogP contribution >= 0.6 is 0 Å². The van der Waals surface area contributed by atoms with Gasteiger partial charge in [-0.1, -0.05) is 44.2 Å². The van der Waals surface area contributed by atoms with E-state index in [4.69, 9.17) is 4.74 Å². The van der Waals surface area contributed by atoms with Gasteiger partial charge in [-0.25, -0.2) is 0 Å². The molecule has 0 spiro atoms. The average molecular weight is 471 g/mol. The summed E-state index contributed by atoms with van der Waals surface area (Å²) >= 11 is 0. The van der Waals surface area contributed by atoms with Crippen LogP contribution in [0, 0.1) is 5.41 Å². The number of piperidine rings is 1. The Morgan fingerprint density at radius 2 is 1.76 bits per heavy atom. The van der Waals surface area contributed by atoms with Gasteiger partial charge in [-0.05, 0) is 56.9 Å². The second-order valence-corrected chi connectivity index (χ2v) is 9.64. The van der Waals surface area contributed by atoms with Crippen LogP contribution in [0.25, 0.3) is 0 Å². The quantitative estimate of drug-likeness (QED) is 0.281. The van der Waals surface area contributed by atoms with Crippen molar-refractivity contribution in [1.29, 1.82) is 0 Å². The van der Waals surface area contributed by atoms with E-state index in [2.05, 4.69) is 12.1 Å². The summed E-state index contributed by atoms with van der Waals surface area (Å²) in [5.41, 5.74) is 0.248. The van der Waals surface area contributed by atoms with Crippen molar-refractivity contribution in [2.75, 3.05) is 19.7 Å². The molecule has 0 saturated carbocycles. The Bertz CT molecular complexity index is 880. The number of carbonyl (C=O) groups excluding carboxylic acids is 4. The van der Waals surface area contributed by atoms with E-state index in [1.54, 1.807) is 4.90 Å². The molecule has 2 heterocycles. The number of hydrogen-bond donors (Lipinski definition) is 0. The lowest BCUT2D eigenvalue weighted by molar-refractivity contribution is -0.167. The fourth-order valence-corrected chi connectivity index (χ4v) is 5.27. The highest BCUT2D eigenvalue weighted by molar-refractivity contribution is 6.38. The van der Waals surface area contributed by atoms with Crippen molar-refractivity contribution < 1.29 is 23.9 Å². The molecule has 2 aliphatic heterocycles. The van der Waals surface area contributed by atoms with Gasteiger partial charge in [0.1, 0.15) is 12.6 Å². The number of Topliss-reactive ketones (excluding diaryl/α,β-unsaturated/α-hetero) is 1. The number of likely N-dealkylation sites (tertiary alicyclic amines) is 1. The lowest BCUT2D eigenvalue weighted by Gasteiger charge is -2.49. The van der Waals surface area contributed by atoms with Crippen molar-refractivity contribution in [1.82, 2.24) is 9.80 Å². The van der Waals surface area contributed by atoms with E-state index < -0.39 is 29.1 Å². The zero-order chi connectivity index (χ0) is 24.7. The van der Waals surface area contributed by atoms with Crippen molar-refractivity contribution in [2.24, 2.45) is 5.41 Å². The molecule has 0 N–H and O–H groups in total. The van der Waals surface area contributed by atoms with Gasteiger partial charge in [0.15, 0.2) is 0 Å². The van der Waals surface area contributed by atoms with Crippen LogP contribution in [-0.4, -0.2) is 65.1 Å². The first-order valence-corrected chi connectivity index (χ1v) is 12.7. The Hall–Kier alpha value is -2.70. The van der Waals surface area contributed by atoms with Gasteiger partial charge in [-0.15, -0.1) is 0 Å². The van der Waals surface area contributed by atoms with E-state index in [-0.39, 0.29) is 18.6 Å². The number of esters is 1. The predicted molar refractivity (Wildman–Crippen MR) is 129 cm³/mol. The van der Waals surface area contributed by atoms with Crippen molar-refractivity contribution >= 4 is 23.6 Å². The highest BCUT2D eigenvalue weighted by Gasteiger charge is 2.50. The average Bonchev–Trinajstić information content (AvgIpc) is 2.85. The van der Waals surface area contributed by atoms with Gasteiger partial charge >= 0.3 is 5.97 Å². The number of unbranched alkanes of at least 4 members (excludes halogenated alkanes) is 1. The number of aryl methyl sites for hydroxylation is 1. The molecule has 186 valence electrons. The third-order valence-corrected chi connectivity index (χ3v) is 7.57. The molecule has 0 aliphatic carbocycles. The molecule has 2 bridgehead atoms. The van der Waals surface area contributed by atoms with E-state index in [0.717, 1.165) is 32.1 Å². The molecule has 2 fully saturated rings. The van der Waals surface area contributed by atoms with Crippen LogP contribution in [0.4, 0.5) is 0 Å². The first-order chi connectivity index (χ1) is 16.3. The Morgan fingerprint density at radius 3 is 2.41 bits per heavy atom. The zero-order valence-corrected chi connectivity index (χ0v) is 20.8. The van der Waals surface area contributed by atoms with Crippen LogP contribution in [0.3, 0.4) is 0 Å².